The average molecular weight is 339 g/mol. The smallest absolute Gasteiger partial charge is 0.00631 e. The molecule has 1 aliphatic heterocycles. The summed E-state index contributed by atoms with van der Waals surface area (Å²) in [6.45, 7) is 6.39. The second kappa shape index (κ2) is 5.57. The lowest BCUT2D eigenvalue weighted by molar-refractivity contribution is -0.129. The Morgan fingerprint density at radius 2 is 1.76 bits per heavy atom. The third kappa shape index (κ3) is 2.77. The van der Waals surface area contributed by atoms with Crippen LogP contribution in [0, 0.1) is 16.7 Å². The fourth-order valence-electron chi connectivity index (χ4n) is 8.01. The van der Waals surface area contributed by atoms with Gasteiger partial charge in [-0.15, -0.1) is 0 Å². The van der Waals surface area contributed by atoms with Gasteiger partial charge in [0, 0.05) is 12.6 Å². The first-order chi connectivity index (χ1) is 12.0. The molecule has 1 heterocycles. The van der Waals surface area contributed by atoms with Gasteiger partial charge in [0.2, 0.25) is 0 Å². The van der Waals surface area contributed by atoms with E-state index in [0.717, 1.165) is 5.92 Å². The summed E-state index contributed by atoms with van der Waals surface area (Å²) in [6, 6.07) is 12.0. The maximum atomic E-state index is 6.15. The molecule has 4 aliphatic carbocycles. The van der Waals surface area contributed by atoms with Gasteiger partial charge in [-0.3, -0.25) is 0 Å². The fraction of sp³-hybridized carbons (Fsp3) is 0.739. The van der Waals surface area contributed by atoms with E-state index >= 15 is 0 Å². The molecule has 2 unspecified atom stereocenters. The van der Waals surface area contributed by atoms with E-state index in [1.807, 2.05) is 0 Å². The first-order valence-corrected chi connectivity index (χ1v) is 10.5. The lowest BCUT2D eigenvalue weighted by atomic mass is 9.39. The van der Waals surface area contributed by atoms with Gasteiger partial charge < -0.3 is 10.6 Å². The summed E-state index contributed by atoms with van der Waals surface area (Å²) >= 11 is 0. The Labute approximate surface area is 153 Å². The molecule has 4 saturated carbocycles. The molecule has 0 radical (unpaired) electrons. The van der Waals surface area contributed by atoms with Crippen LogP contribution in [-0.2, 0) is 5.41 Å². The second-order valence-electron chi connectivity index (χ2n) is 10.6. The van der Waals surface area contributed by atoms with Gasteiger partial charge in [-0.05, 0) is 92.2 Å². The van der Waals surface area contributed by atoms with Crippen LogP contribution in [0.2, 0.25) is 0 Å². The normalized spacial score (nSPS) is 44.3. The molecule has 4 atom stereocenters. The van der Waals surface area contributed by atoms with E-state index in [1.165, 1.54) is 71.0 Å². The number of nitrogens with two attached hydrogens (primary N) is 1. The number of rotatable bonds is 3. The van der Waals surface area contributed by atoms with Crippen molar-refractivity contribution < 1.29 is 0 Å². The third-order valence-corrected chi connectivity index (χ3v) is 8.04. The number of likely N-dealkylation sites (tertiary alicyclic amines) is 1. The van der Waals surface area contributed by atoms with Crippen LogP contribution in [0.1, 0.15) is 63.9 Å². The number of nitrogens with zero attached hydrogens (tertiary/aromatic N) is 1. The van der Waals surface area contributed by atoms with E-state index in [0.29, 0.717) is 22.3 Å². The zero-order valence-corrected chi connectivity index (χ0v) is 15.8. The standard InChI is InChI=1S/C23H34N2/c1-21-11-18-12-22(14-21,17-25-9-7-20(24)8-10-25)16-23(13-18,15-21)19-5-3-2-4-6-19/h2-6,18,20H,7-17,24H2,1H3/t18?,21-,22?,23+/m1/s1. The minimum atomic E-state index is 0.445. The van der Waals surface area contributed by atoms with Gasteiger partial charge in [0.05, 0.1) is 0 Å². The van der Waals surface area contributed by atoms with Gasteiger partial charge in [-0.2, -0.15) is 0 Å². The maximum absolute atomic E-state index is 6.15. The van der Waals surface area contributed by atoms with Crippen molar-refractivity contribution in [3.63, 3.8) is 0 Å². The highest BCUT2D eigenvalue weighted by Crippen LogP contribution is 2.70. The van der Waals surface area contributed by atoms with Crippen LogP contribution in [0.3, 0.4) is 0 Å². The molecule has 4 bridgehead atoms. The zero-order chi connectivity index (χ0) is 17.1. The summed E-state index contributed by atoms with van der Waals surface area (Å²) in [5.41, 5.74) is 9.38. The molecule has 2 heteroatoms. The largest absolute Gasteiger partial charge is 0.328 e. The summed E-state index contributed by atoms with van der Waals surface area (Å²) < 4.78 is 0. The van der Waals surface area contributed by atoms with Crippen LogP contribution in [0.4, 0.5) is 0 Å². The predicted octanol–water partition coefficient (Wildman–Crippen LogP) is 4.34. The molecule has 6 rings (SSSR count). The summed E-state index contributed by atoms with van der Waals surface area (Å²) in [5.74, 6) is 0.952. The van der Waals surface area contributed by atoms with Crippen molar-refractivity contribution in [1.29, 1.82) is 0 Å². The Morgan fingerprint density at radius 3 is 2.48 bits per heavy atom. The molecule has 2 N–H and O–H groups in total. The molecule has 2 nitrogen and oxygen atoms in total. The molecule has 1 saturated heterocycles. The Kier molecular flexibility index (Phi) is 3.63. The molecular weight excluding hydrogens is 304 g/mol. The fourth-order valence-corrected chi connectivity index (χ4v) is 8.01. The van der Waals surface area contributed by atoms with Gasteiger partial charge in [-0.25, -0.2) is 0 Å². The second-order valence-corrected chi connectivity index (χ2v) is 10.6. The summed E-state index contributed by atoms with van der Waals surface area (Å²) in [4.78, 5) is 2.76. The molecule has 0 aromatic heterocycles. The van der Waals surface area contributed by atoms with Crippen molar-refractivity contribution in [3.8, 4) is 0 Å². The van der Waals surface area contributed by atoms with Gasteiger partial charge >= 0.3 is 0 Å². The average Bonchev–Trinajstić information content (AvgIpc) is 2.55. The van der Waals surface area contributed by atoms with Crippen molar-refractivity contribution >= 4 is 0 Å². The van der Waals surface area contributed by atoms with Crippen molar-refractivity contribution in [2.45, 2.75) is 69.7 Å². The van der Waals surface area contributed by atoms with Crippen molar-refractivity contribution in [1.82, 2.24) is 4.90 Å². The van der Waals surface area contributed by atoms with E-state index < -0.39 is 0 Å². The first kappa shape index (κ1) is 16.3. The van der Waals surface area contributed by atoms with Crippen LogP contribution < -0.4 is 5.73 Å². The van der Waals surface area contributed by atoms with Crippen molar-refractivity contribution in [2.75, 3.05) is 19.6 Å². The SMILES string of the molecule is C[C@@]12CC3CC(CN4CCC(N)CC4)(C1)C[C@](c1ccccc1)(C3)C2. The molecule has 1 aromatic rings. The van der Waals surface area contributed by atoms with Gasteiger partial charge in [0.15, 0.2) is 0 Å². The van der Waals surface area contributed by atoms with E-state index in [9.17, 15) is 0 Å². The summed E-state index contributed by atoms with van der Waals surface area (Å²) in [6.07, 6.45) is 11.1. The highest BCUT2D eigenvalue weighted by Gasteiger charge is 2.62. The Morgan fingerprint density at radius 1 is 1.00 bits per heavy atom. The highest BCUT2D eigenvalue weighted by molar-refractivity contribution is 5.31. The van der Waals surface area contributed by atoms with Gasteiger partial charge in [0.25, 0.3) is 0 Å². The van der Waals surface area contributed by atoms with Crippen LogP contribution in [-0.4, -0.2) is 30.6 Å². The summed E-state index contributed by atoms with van der Waals surface area (Å²) in [5, 5.41) is 0. The van der Waals surface area contributed by atoms with Crippen molar-refractivity contribution in [2.24, 2.45) is 22.5 Å². The first-order valence-electron chi connectivity index (χ1n) is 10.5. The molecule has 25 heavy (non-hydrogen) atoms. The topological polar surface area (TPSA) is 29.3 Å². The molecular formula is C23H34N2. The monoisotopic (exact) mass is 338 g/mol. The van der Waals surface area contributed by atoms with E-state index in [-0.39, 0.29) is 0 Å². The Balaban J connectivity index is 1.45. The molecule has 1 aromatic carbocycles. The molecule has 136 valence electrons. The highest BCUT2D eigenvalue weighted by atomic mass is 15.1. The van der Waals surface area contributed by atoms with E-state index in [1.54, 1.807) is 5.56 Å². The van der Waals surface area contributed by atoms with Crippen LogP contribution >= 0.6 is 0 Å². The maximum Gasteiger partial charge on any atom is 0.00631 e. The summed E-state index contributed by atoms with van der Waals surface area (Å²) in [7, 11) is 0. The lowest BCUT2D eigenvalue weighted by Crippen LogP contribution is -2.61. The molecule has 0 spiro atoms. The minimum absolute atomic E-state index is 0.445. The van der Waals surface area contributed by atoms with Gasteiger partial charge in [-0.1, -0.05) is 37.3 Å². The number of piperidine rings is 1. The third-order valence-electron chi connectivity index (χ3n) is 8.04. The van der Waals surface area contributed by atoms with Crippen LogP contribution in [0.25, 0.3) is 0 Å². The van der Waals surface area contributed by atoms with Crippen molar-refractivity contribution in [3.05, 3.63) is 35.9 Å². The Hall–Kier alpha value is -0.860. The molecule has 0 amide bonds. The number of hydrogen-bond acceptors (Lipinski definition) is 2. The van der Waals surface area contributed by atoms with Crippen LogP contribution in [0.15, 0.2) is 30.3 Å². The number of benzene rings is 1. The predicted molar refractivity (Wildman–Crippen MR) is 104 cm³/mol. The lowest BCUT2D eigenvalue weighted by Gasteiger charge is -2.67. The quantitative estimate of drug-likeness (QED) is 0.888. The van der Waals surface area contributed by atoms with E-state index in [4.69, 9.17) is 5.73 Å². The molecule has 5 aliphatic rings. The van der Waals surface area contributed by atoms with Crippen LogP contribution in [0.5, 0.6) is 0 Å². The van der Waals surface area contributed by atoms with Gasteiger partial charge in [0.1, 0.15) is 0 Å². The van der Waals surface area contributed by atoms with E-state index in [2.05, 4.69) is 42.2 Å². The molecule has 5 fully saturated rings. The number of hydrogen-bond donors (Lipinski definition) is 1. The zero-order valence-electron chi connectivity index (χ0n) is 15.8. The Bertz CT molecular complexity index is 635. The minimum Gasteiger partial charge on any atom is -0.328 e.